The standard InChI is InChI=1S/C10H8O3.C7H6O2/c11-5-1-3-9-7-10(13-8-9)4-2-6-12;8-5-1-3-7-4-2-6-9-7/h7-8,11-12H,3,6H2;2,4,6,8H,5H2. The normalized spacial score (nSPS) is 8.09. The highest BCUT2D eigenvalue weighted by atomic mass is 16.3. The van der Waals surface area contributed by atoms with Crippen LogP contribution in [-0.2, 0) is 6.42 Å². The van der Waals surface area contributed by atoms with Crippen LogP contribution in [0.4, 0.5) is 0 Å². The second kappa shape index (κ2) is 10.7. The summed E-state index contributed by atoms with van der Waals surface area (Å²) in [4.78, 5) is 0. The smallest absolute Gasteiger partial charge is 0.177 e. The van der Waals surface area contributed by atoms with E-state index in [0.717, 1.165) is 5.56 Å². The molecule has 2 aromatic rings. The summed E-state index contributed by atoms with van der Waals surface area (Å²) in [5.41, 5.74) is 0.851. The number of hydrogen-bond acceptors (Lipinski definition) is 5. The summed E-state index contributed by atoms with van der Waals surface area (Å²) in [7, 11) is 0. The molecular formula is C17H14O5. The van der Waals surface area contributed by atoms with Gasteiger partial charge >= 0.3 is 0 Å². The molecule has 0 saturated carbocycles. The van der Waals surface area contributed by atoms with Gasteiger partial charge in [0.1, 0.15) is 19.3 Å². The molecule has 5 nitrogen and oxygen atoms in total. The molecule has 2 aromatic heterocycles. The molecular weight excluding hydrogens is 284 g/mol. The molecule has 2 heterocycles. The average Bonchev–Trinajstić information content (AvgIpc) is 3.21. The van der Waals surface area contributed by atoms with Gasteiger partial charge in [-0.3, -0.25) is 0 Å². The molecule has 0 radical (unpaired) electrons. The van der Waals surface area contributed by atoms with E-state index in [0.29, 0.717) is 17.9 Å². The minimum absolute atomic E-state index is 0.124. The van der Waals surface area contributed by atoms with E-state index in [1.165, 1.54) is 6.26 Å². The first kappa shape index (κ1) is 17.0. The van der Waals surface area contributed by atoms with Crippen molar-refractivity contribution in [3.8, 4) is 35.7 Å². The zero-order valence-electron chi connectivity index (χ0n) is 11.7. The van der Waals surface area contributed by atoms with Crippen molar-refractivity contribution in [2.75, 3.05) is 13.2 Å². The van der Waals surface area contributed by atoms with Gasteiger partial charge in [-0.1, -0.05) is 17.8 Å². The van der Waals surface area contributed by atoms with E-state index in [1.807, 2.05) is 0 Å². The molecule has 0 atom stereocenters. The minimum atomic E-state index is -0.188. The van der Waals surface area contributed by atoms with Crippen LogP contribution in [0.3, 0.4) is 0 Å². The highest BCUT2D eigenvalue weighted by Crippen LogP contribution is 2.06. The Morgan fingerprint density at radius 1 is 0.955 bits per heavy atom. The molecule has 0 unspecified atom stereocenters. The number of rotatable bonds is 1. The van der Waals surface area contributed by atoms with Crippen molar-refractivity contribution in [1.82, 2.24) is 0 Å². The summed E-state index contributed by atoms with van der Waals surface area (Å²) < 4.78 is 9.88. The lowest BCUT2D eigenvalue weighted by Gasteiger charge is -1.78. The van der Waals surface area contributed by atoms with Crippen molar-refractivity contribution in [2.45, 2.75) is 6.42 Å². The molecule has 0 spiro atoms. The van der Waals surface area contributed by atoms with E-state index in [1.54, 1.807) is 30.6 Å². The largest absolute Gasteiger partial charge is 0.462 e. The summed E-state index contributed by atoms with van der Waals surface area (Å²) in [5, 5.41) is 24.9. The number of furan rings is 2. The van der Waals surface area contributed by atoms with Gasteiger partial charge in [0.2, 0.25) is 0 Å². The van der Waals surface area contributed by atoms with Crippen LogP contribution in [0.25, 0.3) is 0 Å². The zero-order chi connectivity index (χ0) is 16.0. The van der Waals surface area contributed by atoms with Crippen LogP contribution in [0.1, 0.15) is 17.1 Å². The predicted octanol–water partition coefficient (Wildman–Crippen LogP) is 1.12. The van der Waals surface area contributed by atoms with Crippen LogP contribution in [-0.4, -0.2) is 28.5 Å². The van der Waals surface area contributed by atoms with E-state index in [-0.39, 0.29) is 13.2 Å². The first-order chi connectivity index (χ1) is 10.8. The summed E-state index contributed by atoms with van der Waals surface area (Å²) in [6.45, 7) is -0.312. The molecule has 0 aliphatic heterocycles. The van der Waals surface area contributed by atoms with Crippen LogP contribution in [0.2, 0.25) is 0 Å². The summed E-state index contributed by atoms with van der Waals surface area (Å²) in [5.74, 6) is 13.7. The molecule has 0 aliphatic carbocycles. The van der Waals surface area contributed by atoms with E-state index in [2.05, 4.69) is 29.6 Å². The van der Waals surface area contributed by atoms with Crippen molar-refractivity contribution >= 4 is 0 Å². The van der Waals surface area contributed by atoms with E-state index in [4.69, 9.17) is 24.2 Å². The maximum absolute atomic E-state index is 8.41. The first-order valence-electron chi connectivity index (χ1n) is 6.22. The zero-order valence-corrected chi connectivity index (χ0v) is 11.7. The van der Waals surface area contributed by atoms with Gasteiger partial charge in [-0.2, -0.15) is 0 Å². The summed E-state index contributed by atoms with van der Waals surface area (Å²) in [6, 6.07) is 5.21. The Labute approximate surface area is 128 Å². The first-order valence-corrected chi connectivity index (χ1v) is 6.22. The molecule has 22 heavy (non-hydrogen) atoms. The second-order valence-corrected chi connectivity index (χ2v) is 3.68. The molecule has 0 bridgehead atoms. The second-order valence-electron chi connectivity index (χ2n) is 3.68. The van der Waals surface area contributed by atoms with Gasteiger partial charge in [-0.15, -0.1) is 0 Å². The third-order valence-corrected chi connectivity index (χ3v) is 2.13. The molecule has 0 aromatic carbocycles. The monoisotopic (exact) mass is 298 g/mol. The molecule has 112 valence electrons. The SMILES string of the molecule is OC#CCc1coc(C#CCO)c1.OCC#Cc1ccco1. The third-order valence-electron chi connectivity index (χ3n) is 2.13. The maximum Gasteiger partial charge on any atom is 0.177 e. The average molecular weight is 298 g/mol. The Morgan fingerprint density at radius 2 is 1.68 bits per heavy atom. The number of aliphatic hydroxyl groups is 3. The summed E-state index contributed by atoms with van der Waals surface area (Å²) >= 11 is 0. The van der Waals surface area contributed by atoms with E-state index < -0.39 is 0 Å². The predicted molar refractivity (Wildman–Crippen MR) is 78.8 cm³/mol. The highest BCUT2D eigenvalue weighted by Gasteiger charge is 1.96. The Morgan fingerprint density at radius 3 is 2.27 bits per heavy atom. The quantitative estimate of drug-likeness (QED) is 0.687. The van der Waals surface area contributed by atoms with Gasteiger partial charge in [-0.25, -0.2) is 0 Å². The van der Waals surface area contributed by atoms with Crippen molar-refractivity contribution < 1.29 is 24.2 Å². The van der Waals surface area contributed by atoms with Crippen LogP contribution >= 0.6 is 0 Å². The van der Waals surface area contributed by atoms with Crippen molar-refractivity contribution in [2.24, 2.45) is 0 Å². The Hall–Kier alpha value is -3.04. The highest BCUT2D eigenvalue weighted by molar-refractivity contribution is 5.30. The molecule has 0 saturated heterocycles. The van der Waals surface area contributed by atoms with Gasteiger partial charge in [-0.05, 0) is 30.0 Å². The number of aliphatic hydroxyl groups excluding tert-OH is 3. The third kappa shape index (κ3) is 6.93. The van der Waals surface area contributed by atoms with Gasteiger partial charge < -0.3 is 24.2 Å². The Balaban J connectivity index is 0.000000235. The summed E-state index contributed by atoms with van der Waals surface area (Å²) in [6.07, 6.45) is 5.29. The van der Waals surface area contributed by atoms with Crippen molar-refractivity contribution in [1.29, 1.82) is 0 Å². The van der Waals surface area contributed by atoms with Gasteiger partial charge in [0.25, 0.3) is 0 Å². The fraction of sp³-hybridized carbons (Fsp3) is 0.176. The molecule has 0 amide bonds. The van der Waals surface area contributed by atoms with Gasteiger partial charge in [0, 0.05) is 12.0 Å². The Bertz CT molecular complexity index is 721. The molecule has 3 N–H and O–H groups in total. The molecule has 2 rings (SSSR count). The van der Waals surface area contributed by atoms with Crippen molar-refractivity contribution in [3.63, 3.8) is 0 Å². The molecule has 0 fully saturated rings. The lowest BCUT2D eigenvalue weighted by atomic mass is 10.2. The van der Waals surface area contributed by atoms with E-state index >= 15 is 0 Å². The fourth-order valence-corrected chi connectivity index (χ4v) is 1.28. The van der Waals surface area contributed by atoms with E-state index in [9.17, 15) is 0 Å². The van der Waals surface area contributed by atoms with Crippen molar-refractivity contribution in [3.05, 3.63) is 47.8 Å². The van der Waals surface area contributed by atoms with Crippen LogP contribution in [0.15, 0.2) is 39.6 Å². The van der Waals surface area contributed by atoms with Crippen LogP contribution in [0, 0.1) is 35.7 Å². The minimum Gasteiger partial charge on any atom is -0.462 e. The molecule has 0 aliphatic rings. The van der Waals surface area contributed by atoms with Gasteiger partial charge in [0.05, 0.1) is 12.5 Å². The van der Waals surface area contributed by atoms with Crippen LogP contribution < -0.4 is 0 Å². The topological polar surface area (TPSA) is 87.0 Å². The lowest BCUT2D eigenvalue weighted by Crippen LogP contribution is -1.75. The molecule has 5 heteroatoms. The van der Waals surface area contributed by atoms with Gasteiger partial charge in [0.15, 0.2) is 11.5 Å². The van der Waals surface area contributed by atoms with Crippen LogP contribution in [0.5, 0.6) is 0 Å². The lowest BCUT2D eigenvalue weighted by molar-refractivity contribution is 0.350. The number of hydrogen-bond donors (Lipinski definition) is 3. The maximum atomic E-state index is 8.41. The fourth-order valence-electron chi connectivity index (χ4n) is 1.28. The Kier molecular flexibility index (Phi) is 8.28.